The fraction of sp³-hybridized carbons (Fsp3) is 0.643. The Kier molecular flexibility index (Phi) is 6.09. The number of methoxy groups -OCH3 is 1. The van der Waals surface area contributed by atoms with E-state index in [9.17, 15) is 0 Å². The number of hydrogen-bond donors (Lipinski definition) is 1. The van der Waals surface area contributed by atoms with Gasteiger partial charge in [0.15, 0.2) is 0 Å². The van der Waals surface area contributed by atoms with Crippen molar-refractivity contribution in [3.8, 4) is 5.75 Å². The Morgan fingerprint density at radius 3 is 2.56 bits per heavy atom. The zero-order chi connectivity index (χ0) is 13.5. The molecule has 1 aromatic rings. The minimum absolute atomic E-state index is 0.160. The Labute approximate surface area is 110 Å². The van der Waals surface area contributed by atoms with Crippen LogP contribution in [0.3, 0.4) is 0 Å². The second kappa shape index (κ2) is 7.34. The monoisotopic (exact) mass is 252 g/mol. The van der Waals surface area contributed by atoms with Gasteiger partial charge in [0, 0.05) is 19.3 Å². The Morgan fingerprint density at radius 2 is 2.00 bits per heavy atom. The van der Waals surface area contributed by atoms with Crippen LogP contribution in [0.25, 0.3) is 0 Å². The molecule has 0 aliphatic carbocycles. The van der Waals surface area contributed by atoms with Gasteiger partial charge in [-0.05, 0) is 45.9 Å². The summed E-state index contributed by atoms with van der Waals surface area (Å²) >= 11 is 0. The first kappa shape index (κ1) is 14.9. The van der Waals surface area contributed by atoms with Crippen LogP contribution in [0.4, 0.5) is 0 Å². The van der Waals surface area contributed by atoms with Gasteiger partial charge >= 0.3 is 0 Å². The highest BCUT2D eigenvalue weighted by Gasteiger charge is 2.14. The number of ether oxygens (including phenoxy) is 2. The number of nitrogens with one attached hydrogen (secondary N) is 1. The predicted molar refractivity (Wildman–Crippen MR) is 72.9 cm³/mol. The van der Waals surface area contributed by atoms with Crippen LogP contribution in [0.15, 0.2) is 18.5 Å². The Bertz CT molecular complexity index is 355. The highest BCUT2D eigenvalue weighted by Crippen LogP contribution is 2.22. The van der Waals surface area contributed by atoms with E-state index in [0.29, 0.717) is 0 Å². The summed E-state index contributed by atoms with van der Waals surface area (Å²) in [5.41, 5.74) is 1.12. The van der Waals surface area contributed by atoms with Crippen molar-refractivity contribution in [2.45, 2.75) is 45.4 Å². The summed E-state index contributed by atoms with van der Waals surface area (Å²) in [6.45, 7) is 6.08. The normalized spacial score (nSPS) is 14.6. The van der Waals surface area contributed by atoms with E-state index in [4.69, 9.17) is 9.47 Å². The molecule has 1 rings (SSSR count). The Morgan fingerprint density at radius 1 is 1.28 bits per heavy atom. The number of hydrogen-bond acceptors (Lipinski definition) is 4. The van der Waals surface area contributed by atoms with Crippen molar-refractivity contribution in [3.63, 3.8) is 0 Å². The van der Waals surface area contributed by atoms with Crippen molar-refractivity contribution in [1.29, 1.82) is 0 Å². The maximum Gasteiger partial charge on any atom is 0.138 e. The number of pyridine rings is 1. The molecule has 0 fully saturated rings. The van der Waals surface area contributed by atoms with Crippen molar-refractivity contribution in [2.24, 2.45) is 0 Å². The van der Waals surface area contributed by atoms with Crippen molar-refractivity contribution in [1.82, 2.24) is 10.3 Å². The fourth-order valence-corrected chi connectivity index (χ4v) is 1.81. The summed E-state index contributed by atoms with van der Waals surface area (Å²) < 4.78 is 11.0. The molecule has 0 amide bonds. The first-order valence-corrected chi connectivity index (χ1v) is 6.38. The van der Waals surface area contributed by atoms with Gasteiger partial charge in [0.1, 0.15) is 5.75 Å². The molecular formula is C14H24N2O2. The van der Waals surface area contributed by atoms with E-state index in [0.717, 1.165) is 17.7 Å². The predicted octanol–water partition coefficient (Wildman–Crippen LogP) is 2.55. The largest absolute Gasteiger partial charge is 0.489 e. The van der Waals surface area contributed by atoms with Gasteiger partial charge in [-0.15, -0.1) is 0 Å². The van der Waals surface area contributed by atoms with Crippen molar-refractivity contribution in [3.05, 3.63) is 24.0 Å². The van der Waals surface area contributed by atoms with Crippen LogP contribution >= 0.6 is 0 Å². The van der Waals surface area contributed by atoms with Crippen LogP contribution in [0, 0.1) is 0 Å². The highest BCUT2D eigenvalue weighted by atomic mass is 16.5. The third-order valence-corrected chi connectivity index (χ3v) is 2.83. The van der Waals surface area contributed by atoms with E-state index in [1.807, 2.05) is 33.2 Å². The summed E-state index contributed by atoms with van der Waals surface area (Å²) in [6, 6.07) is 2.26. The van der Waals surface area contributed by atoms with Gasteiger partial charge in [-0.25, -0.2) is 0 Å². The molecule has 0 saturated heterocycles. The lowest BCUT2D eigenvalue weighted by atomic mass is 10.0. The van der Waals surface area contributed by atoms with Gasteiger partial charge in [-0.2, -0.15) is 0 Å². The molecule has 1 N–H and O–H groups in total. The molecule has 0 aromatic carbocycles. The number of rotatable bonds is 7. The smallest absolute Gasteiger partial charge is 0.138 e. The first-order chi connectivity index (χ1) is 8.56. The van der Waals surface area contributed by atoms with Crippen LogP contribution in [-0.2, 0) is 4.74 Å². The average molecular weight is 252 g/mol. The molecule has 0 aliphatic rings. The minimum atomic E-state index is 0.160. The molecular weight excluding hydrogens is 228 g/mol. The lowest BCUT2D eigenvalue weighted by molar-refractivity contribution is 0.101. The average Bonchev–Trinajstić information content (AvgIpc) is 2.35. The lowest BCUT2D eigenvalue weighted by Gasteiger charge is -2.20. The summed E-state index contributed by atoms with van der Waals surface area (Å²) in [6.07, 6.45) is 4.89. The van der Waals surface area contributed by atoms with E-state index in [-0.39, 0.29) is 18.2 Å². The minimum Gasteiger partial charge on any atom is -0.489 e. The second-order valence-corrected chi connectivity index (χ2v) is 4.74. The molecule has 4 heteroatoms. The third kappa shape index (κ3) is 4.63. The zero-order valence-electron chi connectivity index (χ0n) is 11.9. The molecule has 102 valence electrons. The molecule has 1 aromatic heterocycles. The Balaban J connectivity index is 2.79. The first-order valence-electron chi connectivity index (χ1n) is 6.38. The van der Waals surface area contributed by atoms with Crippen LogP contribution in [0.2, 0.25) is 0 Å². The van der Waals surface area contributed by atoms with E-state index in [1.165, 1.54) is 0 Å². The molecule has 0 aliphatic heterocycles. The molecule has 1 heterocycles. The SMILES string of the molecule is CNC(CC(C)OC)c1cncc(OC(C)C)c1. The van der Waals surface area contributed by atoms with E-state index >= 15 is 0 Å². The van der Waals surface area contributed by atoms with E-state index in [1.54, 1.807) is 13.3 Å². The summed E-state index contributed by atoms with van der Waals surface area (Å²) in [7, 11) is 3.68. The van der Waals surface area contributed by atoms with Gasteiger partial charge in [0.05, 0.1) is 18.4 Å². The molecule has 2 atom stereocenters. The van der Waals surface area contributed by atoms with Crippen LogP contribution in [0.5, 0.6) is 5.75 Å². The third-order valence-electron chi connectivity index (χ3n) is 2.83. The fourth-order valence-electron chi connectivity index (χ4n) is 1.81. The maximum absolute atomic E-state index is 5.66. The number of aromatic nitrogens is 1. The van der Waals surface area contributed by atoms with Crippen LogP contribution in [-0.4, -0.2) is 31.3 Å². The van der Waals surface area contributed by atoms with Gasteiger partial charge in [-0.1, -0.05) is 0 Å². The molecule has 0 spiro atoms. The summed E-state index contributed by atoms with van der Waals surface area (Å²) in [5.74, 6) is 0.813. The molecule has 0 bridgehead atoms. The van der Waals surface area contributed by atoms with Gasteiger partial charge in [0.25, 0.3) is 0 Å². The van der Waals surface area contributed by atoms with Gasteiger partial charge in [0.2, 0.25) is 0 Å². The topological polar surface area (TPSA) is 43.4 Å². The standard InChI is InChI=1S/C14H24N2O2/c1-10(2)18-13-7-12(8-16-9-13)14(15-4)6-11(3)17-5/h7-11,14-15H,6H2,1-5H3. The van der Waals surface area contributed by atoms with E-state index < -0.39 is 0 Å². The quantitative estimate of drug-likeness (QED) is 0.810. The van der Waals surface area contributed by atoms with Crippen molar-refractivity contribution in [2.75, 3.05) is 14.2 Å². The molecule has 4 nitrogen and oxygen atoms in total. The summed E-state index contributed by atoms with van der Waals surface area (Å²) in [5, 5.41) is 3.29. The molecule has 18 heavy (non-hydrogen) atoms. The highest BCUT2D eigenvalue weighted by molar-refractivity contribution is 5.26. The van der Waals surface area contributed by atoms with Crippen LogP contribution in [0.1, 0.15) is 38.8 Å². The molecule has 2 unspecified atom stereocenters. The number of nitrogens with zero attached hydrogens (tertiary/aromatic N) is 1. The van der Waals surface area contributed by atoms with Gasteiger partial charge < -0.3 is 14.8 Å². The molecule has 0 radical (unpaired) electrons. The van der Waals surface area contributed by atoms with Crippen molar-refractivity contribution >= 4 is 0 Å². The zero-order valence-corrected chi connectivity index (χ0v) is 11.9. The van der Waals surface area contributed by atoms with Crippen molar-refractivity contribution < 1.29 is 9.47 Å². The van der Waals surface area contributed by atoms with E-state index in [2.05, 4.69) is 17.2 Å². The summed E-state index contributed by atoms with van der Waals surface area (Å²) in [4.78, 5) is 4.23. The Hall–Kier alpha value is -1.13. The second-order valence-electron chi connectivity index (χ2n) is 4.74. The van der Waals surface area contributed by atoms with Crippen LogP contribution < -0.4 is 10.1 Å². The van der Waals surface area contributed by atoms with Gasteiger partial charge in [-0.3, -0.25) is 4.98 Å². The maximum atomic E-state index is 5.66. The lowest BCUT2D eigenvalue weighted by Crippen LogP contribution is -2.22. The molecule has 0 saturated carbocycles.